The molecule has 2 aliphatic rings. The number of hydrogen-bond acceptors (Lipinski definition) is 5. The number of piperazine rings is 1. The molecule has 1 saturated heterocycles. The number of para-hydroxylation sites is 3. The molecule has 2 aromatic carbocycles. The molecule has 3 aromatic rings. The highest BCUT2D eigenvalue weighted by Crippen LogP contribution is 2.27. The number of aromatic amines is 1. The van der Waals surface area contributed by atoms with Gasteiger partial charge < -0.3 is 25.4 Å². The van der Waals surface area contributed by atoms with Gasteiger partial charge in [0.15, 0.2) is 5.82 Å². The number of H-pyrrole nitrogens is 1. The van der Waals surface area contributed by atoms with Crippen LogP contribution in [0.15, 0.2) is 48.5 Å². The van der Waals surface area contributed by atoms with Crippen LogP contribution in [0, 0.1) is 5.41 Å². The van der Waals surface area contributed by atoms with E-state index in [1.54, 1.807) is 9.80 Å². The fourth-order valence-electron chi connectivity index (χ4n) is 5.18. The largest absolute Gasteiger partial charge is 0.373 e. The second-order valence-corrected chi connectivity index (χ2v) is 11.1. The molecule has 1 fully saturated rings. The van der Waals surface area contributed by atoms with Gasteiger partial charge in [-0.05, 0) is 36.1 Å². The van der Waals surface area contributed by atoms with Crippen LogP contribution in [-0.4, -0.2) is 75.2 Å². The average Bonchev–Trinajstić information content (AvgIpc) is 3.50. The van der Waals surface area contributed by atoms with Crippen LogP contribution in [0.25, 0.3) is 11.0 Å². The molecule has 9 heteroatoms. The third-order valence-electron chi connectivity index (χ3n) is 7.28. The van der Waals surface area contributed by atoms with E-state index >= 15 is 0 Å². The predicted molar refractivity (Wildman–Crippen MR) is 142 cm³/mol. The second-order valence-electron chi connectivity index (χ2n) is 11.1. The van der Waals surface area contributed by atoms with E-state index in [1.807, 2.05) is 76.2 Å². The third-order valence-corrected chi connectivity index (χ3v) is 7.28. The number of benzene rings is 2. The number of imidazole rings is 1. The molecule has 0 spiro atoms. The summed E-state index contributed by atoms with van der Waals surface area (Å²) in [5.74, 6) is -0.184. The summed E-state index contributed by atoms with van der Waals surface area (Å²) in [6.45, 7) is 8.98. The first kappa shape index (κ1) is 24.8. The Morgan fingerprint density at radius 1 is 1.05 bits per heavy atom. The molecule has 3 N–H and O–H groups in total. The lowest BCUT2D eigenvalue weighted by Gasteiger charge is -2.42. The molecule has 0 saturated carbocycles. The Balaban J connectivity index is 1.24. The van der Waals surface area contributed by atoms with Crippen LogP contribution in [-0.2, 0) is 16.0 Å². The lowest BCUT2D eigenvalue weighted by atomic mass is 9.85. The SMILES string of the molecule is C[C@@H]1CN(C(=O)C(NC(=O)C2Cc3ccccc3N2)C(C)(C)C)CCN1C(=O)c1nc2ccccc2[nH]1. The molecule has 0 bridgehead atoms. The van der Waals surface area contributed by atoms with Gasteiger partial charge in [-0.25, -0.2) is 4.98 Å². The smallest absolute Gasteiger partial charge is 0.290 e. The molecule has 194 valence electrons. The van der Waals surface area contributed by atoms with Gasteiger partial charge in [0.25, 0.3) is 5.91 Å². The predicted octanol–water partition coefficient (Wildman–Crippen LogP) is 2.80. The van der Waals surface area contributed by atoms with E-state index in [2.05, 4.69) is 20.6 Å². The van der Waals surface area contributed by atoms with Crippen molar-refractivity contribution < 1.29 is 14.4 Å². The summed E-state index contributed by atoms with van der Waals surface area (Å²) in [6, 6.07) is 14.1. The van der Waals surface area contributed by atoms with Gasteiger partial charge in [0.2, 0.25) is 11.8 Å². The lowest BCUT2D eigenvalue weighted by molar-refractivity contribution is -0.141. The summed E-state index contributed by atoms with van der Waals surface area (Å²) in [7, 11) is 0. The highest BCUT2D eigenvalue weighted by Gasteiger charge is 2.40. The van der Waals surface area contributed by atoms with Crippen molar-refractivity contribution in [2.24, 2.45) is 5.41 Å². The van der Waals surface area contributed by atoms with Gasteiger partial charge in [0.05, 0.1) is 11.0 Å². The zero-order chi connectivity index (χ0) is 26.3. The molecular formula is C28H34N6O3. The number of aromatic nitrogens is 2. The molecular weight excluding hydrogens is 468 g/mol. The third kappa shape index (κ3) is 4.90. The topological polar surface area (TPSA) is 110 Å². The van der Waals surface area contributed by atoms with E-state index in [-0.39, 0.29) is 23.8 Å². The minimum atomic E-state index is -0.685. The Morgan fingerprint density at radius 2 is 1.78 bits per heavy atom. The van der Waals surface area contributed by atoms with E-state index in [0.717, 1.165) is 22.3 Å². The first-order chi connectivity index (χ1) is 17.6. The molecule has 0 radical (unpaired) electrons. The van der Waals surface area contributed by atoms with Crippen LogP contribution in [0.2, 0.25) is 0 Å². The van der Waals surface area contributed by atoms with Crippen LogP contribution in [0.3, 0.4) is 0 Å². The summed E-state index contributed by atoms with van der Waals surface area (Å²) < 4.78 is 0. The van der Waals surface area contributed by atoms with E-state index in [1.165, 1.54) is 0 Å². The first-order valence-corrected chi connectivity index (χ1v) is 12.8. The summed E-state index contributed by atoms with van der Waals surface area (Å²) in [5.41, 5.74) is 3.13. The quantitative estimate of drug-likeness (QED) is 0.508. The minimum Gasteiger partial charge on any atom is -0.373 e. The molecule has 0 aliphatic carbocycles. The van der Waals surface area contributed by atoms with Crippen molar-refractivity contribution in [2.45, 2.75) is 52.2 Å². The van der Waals surface area contributed by atoms with Gasteiger partial charge in [0.1, 0.15) is 12.1 Å². The van der Waals surface area contributed by atoms with Crippen molar-refractivity contribution in [3.63, 3.8) is 0 Å². The minimum absolute atomic E-state index is 0.126. The monoisotopic (exact) mass is 502 g/mol. The van der Waals surface area contributed by atoms with Crippen molar-refractivity contribution in [3.05, 3.63) is 59.9 Å². The normalized spacial score (nSPS) is 20.3. The van der Waals surface area contributed by atoms with E-state index in [4.69, 9.17) is 0 Å². The molecule has 2 unspecified atom stereocenters. The standard InChI is InChI=1S/C28H34N6O3/c1-17-16-33(13-14-34(17)27(37)24-30-20-11-7-8-12-21(20)31-24)26(36)23(28(2,3)4)32-25(35)22-15-18-9-5-6-10-19(18)29-22/h5-12,17,22-23,29H,13-16H2,1-4H3,(H,30,31)(H,32,35)/t17-,22?,23?/m1/s1. The Morgan fingerprint density at radius 3 is 2.49 bits per heavy atom. The fourth-order valence-corrected chi connectivity index (χ4v) is 5.18. The number of rotatable bonds is 4. The number of fused-ring (bicyclic) bond motifs is 2. The van der Waals surface area contributed by atoms with Crippen molar-refractivity contribution in [1.29, 1.82) is 0 Å². The number of nitrogens with one attached hydrogen (secondary N) is 3. The van der Waals surface area contributed by atoms with Crippen molar-refractivity contribution in [1.82, 2.24) is 25.1 Å². The van der Waals surface area contributed by atoms with E-state index in [0.29, 0.717) is 31.9 Å². The Bertz CT molecular complexity index is 1280. The van der Waals surface area contributed by atoms with Crippen molar-refractivity contribution in [3.8, 4) is 0 Å². The van der Waals surface area contributed by atoms with Gasteiger partial charge in [-0.1, -0.05) is 51.1 Å². The molecule has 2 aliphatic heterocycles. The van der Waals surface area contributed by atoms with Crippen LogP contribution in [0.5, 0.6) is 0 Å². The van der Waals surface area contributed by atoms with Crippen LogP contribution in [0.1, 0.15) is 43.9 Å². The van der Waals surface area contributed by atoms with Gasteiger partial charge in [-0.15, -0.1) is 0 Å². The lowest BCUT2D eigenvalue weighted by Crippen LogP contribution is -2.62. The van der Waals surface area contributed by atoms with Crippen LogP contribution >= 0.6 is 0 Å². The van der Waals surface area contributed by atoms with E-state index in [9.17, 15) is 14.4 Å². The van der Waals surface area contributed by atoms with Crippen molar-refractivity contribution in [2.75, 3.05) is 25.0 Å². The average molecular weight is 503 g/mol. The Hall–Kier alpha value is -3.88. The number of nitrogens with zero attached hydrogens (tertiary/aromatic N) is 3. The number of amides is 3. The van der Waals surface area contributed by atoms with Gasteiger partial charge in [-0.3, -0.25) is 14.4 Å². The Kier molecular flexibility index (Phi) is 6.39. The van der Waals surface area contributed by atoms with Crippen LogP contribution in [0.4, 0.5) is 5.69 Å². The van der Waals surface area contributed by atoms with Crippen LogP contribution < -0.4 is 10.6 Å². The maximum atomic E-state index is 13.7. The summed E-state index contributed by atoms with van der Waals surface area (Å²) in [5, 5.41) is 6.30. The zero-order valence-electron chi connectivity index (χ0n) is 21.7. The van der Waals surface area contributed by atoms with Gasteiger partial charge >= 0.3 is 0 Å². The van der Waals surface area contributed by atoms with Gasteiger partial charge in [-0.2, -0.15) is 0 Å². The highest BCUT2D eigenvalue weighted by molar-refractivity contribution is 5.95. The molecule has 5 rings (SSSR count). The zero-order valence-corrected chi connectivity index (χ0v) is 21.7. The molecule has 3 atom stereocenters. The first-order valence-electron chi connectivity index (χ1n) is 12.8. The maximum Gasteiger partial charge on any atom is 0.290 e. The fraction of sp³-hybridized carbons (Fsp3) is 0.429. The van der Waals surface area contributed by atoms with Gasteiger partial charge in [0, 0.05) is 37.8 Å². The summed E-state index contributed by atoms with van der Waals surface area (Å²) >= 11 is 0. The molecule has 1 aromatic heterocycles. The molecule has 3 heterocycles. The second kappa shape index (κ2) is 9.53. The summed E-state index contributed by atoms with van der Waals surface area (Å²) in [4.78, 5) is 51.1. The number of carbonyl (C=O) groups excluding carboxylic acids is 3. The van der Waals surface area contributed by atoms with E-state index < -0.39 is 17.5 Å². The number of anilines is 1. The highest BCUT2D eigenvalue weighted by atomic mass is 16.2. The molecule has 9 nitrogen and oxygen atoms in total. The molecule has 37 heavy (non-hydrogen) atoms. The molecule has 3 amide bonds. The maximum absolute atomic E-state index is 13.7. The number of hydrogen-bond donors (Lipinski definition) is 3. The summed E-state index contributed by atoms with van der Waals surface area (Å²) in [6.07, 6.45) is 0.590. The number of carbonyl (C=O) groups is 3. The van der Waals surface area contributed by atoms with Crippen molar-refractivity contribution >= 4 is 34.4 Å². The Labute approximate surface area is 216 Å².